The number of likely N-dealkylation sites (tertiary alicyclic amines) is 1. The van der Waals surface area contributed by atoms with Crippen molar-refractivity contribution in [2.24, 2.45) is 0 Å². The second-order valence-corrected chi connectivity index (χ2v) is 6.70. The van der Waals surface area contributed by atoms with E-state index >= 15 is 0 Å². The average molecular weight is 348 g/mol. The normalized spacial score (nSPS) is 18.1. The fourth-order valence-corrected chi connectivity index (χ4v) is 3.25. The highest BCUT2D eigenvalue weighted by molar-refractivity contribution is 5.78. The molecule has 1 N–H and O–H groups in total. The van der Waals surface area contributed by atoms with E-state index in [0.717, 1.165) is 25.1 Å². The van der Waals surface area contributed by atoms with Crippen molar-refractivity contribution in [2.45, 2.75) is 65.5 Å². The summed E-state index contributed by atoms with van der Waals surface area (Å²) in [5, 5.41) is 3.01. The summed E-state index contributed by atoms with van der Waals surface area (Å²) in [6.07, 6.45) is 3.11. The third kappa shape index (κ3) is 5.41. The molecule has 7 heteroatoms. The summed E-state index contributed by atoms with van der Waals surface area (Å²) < 4.78 is 1.52. The Hall–Kier alpha value is -2.18. The zero-order valence-corrected chi connectivity index (χ0v) is 15.4. The van der Waals surface area contributed by atoms with Crippen molar-refractivity contribution in [3.05, 3.63) is 27.9 Å². The van der Waals surface area contributed by atoms with Gasteiger partial charge in [0.25, 0.3) is 0 Å². The average Bonchev–Trinajstić information content (AvgIpc) is 2.70. The maximum atomic E-state index is 12.2. The highest BCUT2D eigenvalue weighted by atomic mass is 16.2. The number of carbonyl (C=O) groups excluding carboxylic acids is 2. The number of nitrogens with one attached hydrogen (secondary N) is 1. The van der Waals surface area contributed by atoms with Crippen molar-refractivity contribution in [3.8, 4) is 0 Å². The van der Waals surface area contributed by atoms with Crippen LogP contribution in [0.15, 0.2) is 10.9 Å². The van der Waals surface area contributed by atoms with E-state index in [4.69, 9.17) is 0 Å². The number of rotatable bonds is 6. The van der Waals surface area contributed by atoms with Crippen LogP contribution >= 0.6 is 0 Å². The predicted octanol–water partition coefficient (Wildman–Crippen LogP) is 1.16. The van der Waals surface area contributed by atoms with Crippen molar-refractivity contribution in [2.75, 3.05) is 13.1 Å². The van der Waals surface area contributed by atoms with Gasteiger partial charge in [-0.3, -0.25) is 14.2 Å². The molecule has 25 heavy (non-hydrogen) atoms. The van der Waals surface area contributed by atoms with Crippen LogP contribution in [0.1, 0.15) is 50.4 Å². The van der Waals surface area contributed by atoms with Gasteiger partial charge in [0, 0.05) is 49.9 Å². The molecule has 0 aliphatic carbocycles. The Bertz CT molecular complexity index is 683. The number of aromatic nitrogens is 2. The van der Waals surface area contributed by atoms with Crippen molar-refractivity contribution < 1.29 is 9.59 Å². The number of carbonyl (C=O) groups is 2. The summed E-state index contributed by atoms with van der Waals surface area (Å²) in [6.45, 7) is 7.46. The molecule has 138 valence electrons. The van der Waals surface area contributed by atoms with Crippen LogP contribution < -0.4 is 11.0 Å². The van der Waals surface area contributed by atoms with E-state index in [0.29, 0.717) is 31.6 Å². The molecule has 0 radical (unpaired) electrons. The van der Waals surface area contributed by atoms with E-state index in [1.807, 2.05) is 17.9 Å². The Morgan fingerprint density at radius 1 is 1.28 bits per heavy atom. The van der Waals surface area contributed by atoms with Gasteiger partial charge in [-0.15, -0.1) is 0 Å². The minimum Gasteiger partial charge on any atom is -0.353 e. The Morgan fingerprint density at radius 3 is 2.72 bits per heavy atom. The Balaban J connectivity index is 1.86. The molecule has 2 rings (SSSR count). The molecule has 0 bridgehead atoms. The molecule has 1 aliphatic heterocycles. The maximum Gasteiger partial charge on any atom is 0.347 e. The zero-order chi connectivity index (χ0) is 18.4. The molecular formula is C18H28N4O3. The van der Waals surface area contributed by atoms with Gasteiger partial charge in [-0.1, -0.05) is 6.92 Å². The standard InChI is InChI=1S/C18H28N4O3/c1-4-9-21-10-7-15(5-6-17(21)24)20-16(23)8-11-22-14(3)12-13(2)19-18(22)25/h12,15H,4-11H2,1-3H3,(H,20,23). The van der Waals surface area contributed by atoms with Crippen LogP contribution in [0.25, 0.3) is 0 Å². The van der Waals surface area contributed by atoms with Gasteiger partial charge in [-0.25, -0.2) is 4.79 Å². The number of hydrogen-bond acceptors (Lipinski definition) is 4. The van der Waals surface area contributed by atoms with Gasteiger partial charge in [-0.05, 0) is 39.2 Å². The summed E-state index contributed by atoms with van der Waals surface area (Å²) in [6, 6.07) is 1.85. The van der Waals surface area contributed by atoms with Gasteiger partial charge < -0.3 is 10.2 Å². The lowest BCUT2D eigenvalue weighted by Crippen LogP contribution is -2.37. The van der Waals surface area contributed by atoms with Gasteiger partial charge in [-0.2, -0.15) is 4.98 Å². The van der Waals surface area contributed by atoms with Gasteiger partial charge >= 0.3 is 5.69 Å². The minimum absolute atomic E-state index is 0.0206. The number of aryl methyl sites for hydroxylation is 2. The smallest absolute Gasteiger partial charge is 0.347 e. The first kappa shape index (κ1) is 19.1. The van der Waals surface area contributed by atoms with Crippen LogP contribution in [0.4, 0.5) is 0 Å². The van der Waals surface area contributed by atoms with Crippen LogP contribution in [0, 0.1) is 13.8 Å². The number of nitrogens with zero attached hydrogens (tertiary/aromatic N) is 3. The third-order valence-electron chi connectivity index (χ3n) is 4.57. The number of hydrogen-bond donors (Lipinski definition) is 1. The van der Waals surface area contributed by atoms with Crippen LogP contribution in [-0.4, -0.2) is 45.4 Å². The minimum atomic E-state index is -0.319. The van der Waals surface area contributed by atoms with Gasteiger partial charge in [0.1, 0.15) is 0 Å². The molecule has 7 nitrogen and oxygen atoms in total. The second kappa shape index (κ2) is 8.78. The fourth-order valence-electron chi connectivity index (χ4n) is 3.25. The lowest BCUT2D eigenvalue weighted by molar-refractivity contribution is -0.130. The maximum absolute atomic E-state index is 12.2. The largest absolute Gasteiger partial charge is 0.353 e. The van der Waals surface area contributed by atoms with Crippen molar-refractivity contribution >= 4 is 11.8 Å². The van der Waals surface area contributed by atoms with Crippen molar-refractivity contribution in [1.29, 1.82) is 0 Å². The van der Waals surface area contributed by atoms with Crippen LogP contribution in [0.5, 0.6) is 0 Å². The molecule has 2 amide bonds. The molecule has 1 fully saturated rings. The first-order valence-corrected chi connectivity index (χ1v) is 9.03. The highest BCUT2D eigenvalue weighted by Crippen LogP contribution is 2.13. The lowest BCUT2D eigenvalue weighted by atomic mass is 10.1. The molecule has 1 saturated heterocycles. The van der Waals surface area contributed by atoms with E-state index in [1.165, 1.54) is 4.57 Å². The summed E-state index contributed by atoms with van der Waals surface area (Å²) in [4.78, 5) is 42.0. The Morgan fingerprint density at radius 2 is 2.04 bits per heavy atom. The first-order valence-electron chi connectivity index (χ1n) is 9.03. The van der Waals surface area contributed by atoms with E-state index in [-0.39, 0.29) is 30.0 Å². The van der Waals surface area contributed by atoms with Gasteiger partial charge in [0.05, 0.1) is 0 Å². The summed E-state index contributed by atoms with van der Waals surface area (Å²) >= 11 is 0. The zero-order valence-electron chi connectivity index (χ0n) is 15.4. The van der Waals surface area contributed by atoms with Crippen LogP contribution in [0.2, 0.25) is 0 Å². The predicted molar refractivity (Wildman–Crippen MR) is 95.2 cm³/mol. The fraction of sp³-hybridized carbons (Fsp3) is 0.667. The van der Waals surface area contributed by atoms with Crippen molar-refractivity contribution in [3.63, 3.8) is 0 Å². The molecule has 1 aromatic rings. The molecule has 0 spiro atoms. The van der Waals surface area contributed by atoms with E-state index < -0.39 is 0 Å². The van der Waals surface area contributed by atoms with E-state index in [9.17, 15) is 14.4 Å². The van der Waals surface area contributed by atoms with E-state index in [2.05, 4.69) is 17.2 Å². The Kier molecular flexibility index (Phi) is 6.73. The summed E-state index contributed by atoms with van der Waals surface area (Å²) in [5.74, 6) is 0.0831. The molecule has 1 atom stereocenters. The molecule has 1 aliphatic rings. The SMILES string of the molecule is CCCN1CCC(NC(=O)CCn2c(C)cc(C)nc2=O)CCC1=O. The monoisotopic (exact) mass is 348 g/mol. The second-order valence-electron chi connectivity index (χ2n) is 6.70. The van der Waals surface area contributed by atoms with Crippen LogP contribution in [0.3, 0.4) is 0 Å². The first-order chi connectivity index (χ1) is 11.9. The third-order valence-corrected chi connectivity index (χ3v) is 4.57. The van der Waals surface area contributed by atoms with Gasteiger partial charge in [0.15, 0.2) is 0 Å². The lowest BCUT2D eigenvalue weighted by Gasteiger charge is -2.20. The topological polar surface area (TPSA) is 84.3 Å². The van der Waals surface area contributed by atoms with Crippen molar-refractivity contribution in [1.82, 2.24) is 19.8 Å². The summed E-state index contributed by atoms with van der Waals surface area (Å²) in [7, 11) is 0. The van der Waals surface area contributed by atoms with E-state index in [1.54, 1.807) is 6.92 Å². The molecule has 0 saturated carbocycles. The molecule has 0 aromatic carbocycles. The summed E-state index contributed by atoms with van der Waals surface area (Å²) in [5.41, 5.74) is 1.17. The van der Waals surface area contributed by atoms with Crippen LogP contribution in [-0.2, 0) is 16.1 Å². The van der Waals surface area contributed by atoms with Gasteiger partial charge in [0.2, 0.25) is 11.8 Å². The quantitative estimate of drug-likeness (QED) is 0.836. The molecule has 1 aromatic heterocycles. The molecule has 2 heterocycles. The molecular weight excluding hydrogens is 320 g/mol. The number of amides is 2. The molecule has 1 unspecified atom stereocenters. The highest BCUT2D eigenvalue weighted by Gasteiger charge is 2.22. The Labute approximate surface area is 148 Å².